The lowest BCUT2D eigenvalue weighted by Gasteiger charge is -2.05. The molecule has 160 valence electrons. The van der Waals surface area contributed by atoms with Crippen molar-refractivity contribution in [1.29, 1.82) is 0 Å². The topological polar surface area (TPSA) is 83.6 Å². The zero-order chi connectivity index (χ0) is 22.4. The Morgan fingerprint density at radius 2 is 1.90 bits per heavy atom. The average Bonchev–Trinajstić information content (AvgIpc) is 3.31. The van der Waals surface area contributed by atoms with Gasteiger partial charge in [0.05, 0.1) is 0 Å². The Kier molecular flexibility index (Phi) is 6.87. The summed E-state index contributed by atoms with van der Waals surface area (Å²) >= 11 is 0. The summed E-state index contributed by atoms with van der Waals surface area (Å²) in [5, 5.41) is 4.00. The monoisotopic (exact) mass is 420 g/mol. The van der Waals surface area contributed by atoms with Crippen LogP contribution in [0, 0.1) is 20.8 Å². The second kappa shape index (κ2) is 9.75. The number of benzene rings is 1. The first-order valence-electron chi connectivity index (χ1n) is 9.73. The number of nitrogens with zero attached hydrogens (tertiary/aromatic N) is 2. The molecule has 0 aliphatic heterocycles. The van der Waals surface area contributed by atoms with Gasteiger partial charge in [-0.25, -0.2) is 4.79 Å². The van der Waals surface area contributed by atoms with Crippen molar-refractivity contribution in [3.63, 3.8) is 0 Å². The SMILES string of the molecule is C=CCOc1ccc(/C=C/C(=O)OCC(=O)c2cc(C)n(-c3cc(C)on3)c2C)cc1. The number of aryl methyl sites for hydroxylation is 2. The Morgan fingerprint density at radius 3 is 2.55 bits per heavy atom. The molecule has 0 amide bonds. The zero-order valence-electron chi connectivity index (χ0n) is 17.8. The standard InChI is InChI=1S/C24H24N2O5/c1-5-12-29-20-9-6-19(7-10-20)8-11-24(28)30-15-22(27)21-13-16(2)26(18(21)4)23-14-17(3)31-25-23/h5-11,13-14H,1,12,15H2,2-4H3/b11-8+. The van der Waals surface area contributed by atoms with E-state index in [0.717, 1.165) is 11.3 Å². The van der Waals surface area contributed by atoms with Gasteiger partial charge in [0, 0.05) is 29.1 Å². The first-order valence-corrected chi connectivity index (χ1v) is 9.73. The number of ether oxygens (including phenoxy) is 2. The summed E-state index contributed by atoms with van der Waals surface area (Å²) in [6, 6.07) is 10.8. The van der Waals surface area contributed by atoms with Crippen molar-refractivity contribution in [3.8, 4) is 11.6 Å². The van der Waals surface area contributed by atoms with E-state index >= 15 is 0 Å². The molecule has 0 fully saturated rings. The largest absolute Gasteiger partial charge is 0.490 e. The third-order valence-corrected chi connectivity index (χ3v) is 4.58. The van der Waals surface area contributed by atoms with Crippen LogP contribution in [0.2, 0.25) is 0 Å². The minimum absolute atomic E-state index is 0.287. The predicted octanol–water partition coefficient (Wildman–Crippen LogP) is 4.39. The second-order valence-corrected chi connectivity index (χ2v) is 6.95. The van der Waals surface area contributed by atoms with Crippen LogP contribution >= 0.6 is 0 Å². The molecule has 31 heavy (non-hydrogen) atoms. The van der Waals surface area contributed by atoms with Crippen molar-refractivity contribution in [1.82, 2.24) is 9.72 Å². The van der Waals surface area contributed by atoms with Crippen molar-refractivity contribution in [2.75, 3.05) is 13.2 Å². The lowest BCUT2D eigenvalue weighted by molar-refractivity contribution is -0.136. The molecule has 0 bridgehead atoms. The maximum atomic E-state index is 12.6. The summed E-state index contributed by atoms with van der Waals surface area (Å²) in [5.41, 5.74) is 2.83. The summed E-state index contributed by atoms with van der Waals surface area (Å²) < 4.78 is 17.5. The highest BCUT2D eigenvalue weighted by molar-refractivity contribution is 6.00. The molecule has 0 atom stereocenters. The summed E-state index contributed by atoms with van der Waals surface area (Å²) in [5.74, 6) is 1.11. The van der Waals surface area contributed by atoms with Gasteiger partial charge in [-0.2, -0.15) is 0 Å². The number of rotatable bonds is 9. The molecule has 3 rings (SSSR count). The molecule has 0 spiro atoms. The van der Waals surface area contributed by atoms with Crippen LogP contribution in [-0.2, 0) is 9.53 Å². The van der Waals surface area contributed by atoms with Gasteiger partial charge in [-0.3, -0.25) is 9.36 Å². The fourth-order valence-electron chi connectivity index (χ4n) is 3.11. The van der Waals surface area contributed by atoms with E-state index in [0.29, 0.717) is 35.2 Å². The number of aromatic nitrogens is 2. The first kappa shape index (κ1) is 21.8. The fourth-order valence-corrected chi connectivity index (χ4v) is 3.11. The molecule has 3 aromatic rings. The molecule has 7 heteroatoms. The minimum atomic E-state index is -0.596. The quantitative estimate of drug-likeness (QED) is 0.221. The molecule has 0 radical (unpaired) electrons. The molecule has 0 aliphatic carbocycles. The smallest absolute Gasteiger partial charge is 0.331 e. The van der Waals surface area contributed by atoms with Gasteiger partial charge in [0.2, 0.25) is 5.78 Å². The van der Waals surface area contributed by atoms with Gasteiger partial charge in [0.25, 0.3) is 0 Å². The van der Waals surface area contributed by atoms with Crippen molar-refractivity contribution in [2.45, 2.75) is 20.8 Å². The van der Waals surface area contributed by atoms with Crippen molar-refractivity contribution >= 4 is 17.8 Å². The summed E-state index contributed by atoms with van der Waals surface area (Å²) in [4.78, 5) is 24.6. The molecule has 0 saturated carbocycles. The number of hydrogen-bond donors (Lipinski definition) is 0. The number of ketones is 1. The number of Topliss-reactive ketones (excluding diaryl/α,β-unsaturated/α-hetero) is 1. The molecule has 0 N–H and O–H groups in total. The number of esters is 1. The molecule has 2 aromatic heterocycles. The van der Waals surface area contributed by atoms with Crippen LogP contribution in [0.1, 0.15) is 33.1 Å². The van der Waals surface area contributed by atoms with Gasteiger partial charge < -0.3 is 14.0 Å². The lowest BCUT2D eigenvalue weighted by atomic mass is 10.1. The molecular formula is C24H24N2O5. The lowest BCUT2D eigenvalue weighted by Crippen LogP contribution is -2.13. The van der Waals surface area contributed by atoms with Crippen molar-refractivity contribution in [3.05, 3.63) is 83.4 Å². The minimum Gasteiger partial charge on any atom is -0.490 e. The van der Waals surface area contributed by atoms with E-state index < -0.39 is 5.97 Å². The Bertz CT molecular complexity index is 1120. The Morgan fingerprint density at radius 1 is 1.16 bits per heavy atom. The highest BCUT2D eigenvalue weighted by Gasteiger charge is 2.19. The van der Waals surface area contributed by atoms with E-state index in [1.165, 1.54) is 6.08 Å². The van der Waals surface area contributed by atoms with Gasteiger partial charge in [0.1, 0.15) is 18.1 Å². The van der Waals surface area contributed by atoms with Crippen LogP contribution in [0.15, 0.2) is 59.7 Å². The van der Waals surface area contributed by atoms with Crippen LogP contribution < -0.4 is 4.74 Å². The summed E-state index contributed by atoms with van der Waals surface area (Å²) in [6.45, 7) is 9.16. The molecule has 7 nitrogen and oxygen atoms in total. The Balaban J connectivity index is 1.59. The molecule has 2 heterocycles. The third kappa shape index (κ3) is 5.39. The normalized spacial score (nSPS) is 10.9. The summed E-state index contributed by atoms with van der Waals surface area (Å²) in [6.07, 6.45) is 4.56. The first-order chi connectivity index (χ1) is 14.9. The average molecular weight is 420 g/mol. The van der Waals surface area contributed by atoms with Crippen molar-refractivity contribution < 1.29 is 23.6 Å². The van der Waals surface area contributed by atoms with Gasteiger partial charge in [0.15, 0.2) is 12.4 Å². The molecule has 0 saturated heterocycles. The fraction of sp³-hybridized carbons (Fsp3) is 0.208. The maximum Gasteiger partial charge on any atom is 0.331 e. The van der Waals surface area contributed by atoms with Gasteiger partial charge >= 0.3 is 5.97 Å². The number of hydrogen-bond acceptors (Lipinski definition) is 6. The molecular weight excluding hydrogens is 396 g/mol. The highest BCUT2D eigenvalue weighted by atomic mass is 16.5. The van der Waals surface area contributed by atoms with Crippen LogP contribution in [0.25, 0.3) is 11.9 Å². The van der Waals surface area contributed by atoms with Crippen LogP contribution in [0.3, 0.4) is 0 Å². The number of carbonyl (C=O) groups is 2. The van der Waals surface area contributed by atoms with Gasteiger partial charge in [-0.05, 0) is 50.6 Å². The molecule has 0 unspecified atom stereocenters. The van der Waals surface area contributed by atoms with Gasteiger partial charge in [-0.1, -0.05) is 29.9 Å². The van der Waals surface area contributed by atoms with Crippen LogP contribution in [0.5, 0.6) is 5.75 Å². The molecule has 0 aliphatic rings. The van der Waals surface area contributed by atoms with E-state index in [1.54, 1.807) is 43.3 Å². The summed E-state index contributed by atoms with van der Waals surface area (Å²) in [7, 11) is 0. The van der Waals surface area contributed by atoms with E-state index in [-0.39, 0.29) is 12.4 Å². The number of carbonyl (C=O) groups excluding carboxylic acids is 2. The van der Waals surface area contributed by atoms with Gasteiger partial charge in [-0.15, -0.1) is 0 Å². The second-order valence-electron chi connectivity index (χ2n) is 6.95. The van der Waals surface area contributed by atoms with E-state index in [1.807, 2.05) is 30.5 Å². The molecule has 1 aromatic carbocycles. The maximum absolute atomic E-state index is 12.6. The Hall–Kier alpha value is -3.87. The van der Waals surface area contributed by atoms with Crippen LogP contribution in [-0.4, -0.2) is 34.7 Å². The predicted molar refractivity (Wildman–Crippen MR) is 116 cm³/mol. The van der Waals surface area contributed by atoms with Crippen LogP contribution in [0.4, 0.5) is 0 Å². The van der Waals surface area contributed by atoms with E-state index in [9.17, 15) is 9.59 Å². The Labute approximate surface area is 180 Å². The zero-order valence-corrected chi connectivity index (χ0v) is 17.8. The van der Waals surface area contributed by atoms with Crippen molar-refractivity contribution in [2.24, 2.45) is 0 Å². The highest BCUT2D eigenvalue weighted by Crippen LogP contribution is 2.21. The van der Waals surface area contributed by atoms with E-state index in [4.69, 9.17) is 14.0 Å². The third-order valence-electron chi connectivity index (χ3n) is 4.58. The van der Waals surface area contributed by atoms with E-state index in [2.05, 4.69) is 11.7 Å².